The second kappa shape index (κ2) is 5.75. The maximum absolute atomic E-state index is 12.5. The van der Waals surface area contributed by atoms with Crippen molar-refractivity contribution >= 4 is 5.97 Å². The van der Waals surface area contributed by atoms with Gasteiger partial charge in [-0.25, -0.2) is 4.79 Å². The Hall–Kier alpha value is -2.68. The number of rotatable bonds is 3. The maximum Gasteiger partial charge on any atom is 0.573 e. The molecule has 0 aliphatic rings. The molecule has 6 heteroatoms. The second-order valence-electron chi connectivity index (χ2n) is 3.97. The minimum atomic E-state index is -4.87. The zero-order valence-corrected chi connectivity index (χ0v) is 10.8. The van der Waals surface area contributed by atoms with Crippen LogP contribution in [0, 0.1) is 12.1 Å². The summed E-state index contributed by atoms with van der Waals surface area (Å²) in [7, 11) is 1.14. The monoisotopic (exact) mass is 294 g/mol. The van der Waals surface area contributed by atoms with Gasteiger partial charge >= 0.3 is 12.3 Å². The lowest BCUT2D eigenvalue weighted by molar-refractivity contribution is -0.274. The molecule has 0 atom stereocenters. The first-order valence-corrected chi connectivity index (χ1v) is 5.77. The zero-order chi connectivity index (χ0) is 15.5. The number of methoxy groups -OCH3 is 1. The third kappa shape index (κ3) is 3.66. The van der Waals surface area contributed by atoms with Crippen LogP contribution in [0.25, 0.3) is 11.1 Å². The molecule has 0 N–H and O–H groups in total. The van der Waals surface area contributed by atoms with Crippen LogP contribution in [0.4, 0.5) is 13.2 Å². The molecular weight excluding hydrogens is 285 g/mol. The van der Waals surface area contributed by atoms with Gasteiger partial charge in [-0.15, -0.1) is 13.2 Å². The van der Waals surface area contributed by atoms with Gasteiger partial charge in [0.2, 0.25) is 0 Å². The molecule has 0 aliphatic carbocycles. The molecular formula is C15H9F3O3. The minimum Gasteiger partial charge on any atom is -0.465 e. The van der Waals surface area contributed by atoms with Crippen molar-refractivity contribution < 1.29 is 27.4 Å². The number of alkyl halides is 3. The van der Waals surface area contributed by atoms with Crippen LogP contribution in [0.3, 0.4) is 0 Å². The summed E-state index contributed by atoms with van der Waals surface area (Å²) in [5.74, 6) is -1.23. The van der Waals surface area contributed by atoms with Gasteiger partial charge < -0.3 is 9.47 Å². The highest BCUT2D eigenvalue weighted by molar-refractivity contribution is 5.91. The van der Waals surface area contributed by atoms with Crippen LogP contribution in [-0.4, -0.2) is 19.4 Å². The summed E-state index contributed by atoms with van der Waals surface area (Å²) in [5, 5.41) is 0. The summed E-state index contributed by atoms with van der Waals surface area (Å²) in [6, 6.07) is 13.5. The second-order valence-corrected chi connectivity index (χ2v) is 3.97. The number of ether oxygens (including phenoxy) is 2. The first kappa shape index (κ1) is 14.7. The zero-order valence-electron chi connectivity index (χ0n) is 10.8. The smallest absolute Gasteiger partial charge is 0.465 e. The Kier molecular flexibility index (Phi) is 4.03. The van der Waals surface area contributed by atoms with Gasteiger partial charge in [-0.1, -0.05) is 12.1 Å². The van der Waals surface area contributed by atoms with Crippen molar-refractivity contribution in [2.75, 3.05) is 7.11 Å². The molecule has 0 unspecified atom stereocenters. The van der Waals surface area contributed by atoms with Crippen LogP contribution in [0.2, 0.25) is 0 Å². The Morgan fingerprint density at radius 2 is 1.95 bits per heavy atom. The van der Waals surface area contributed by atoms with Crippen LogP contribution in [0.5, 0.6) is 5.75 Å². The quantitative estimate of drug-likeness (QED) is 0.811. The molecule has 0 radical (unpaired) electrons. The lowest BCUT2D eigenvalue weighted by Gasteiger charge is -2.14. The standard InChI is InChI=1S/C15H9F3O3/c1-20-14(19)11-7-8-12(10-5-3-2-4-6-10)13(9-11)21-15(16,17)18/h3,5-9H,1H3. The molecule has 2 rings (SSSR count). The van der Waals surface area contributed by atoms with Gasteiger partial charge in [0.15, 0.2) is 0 Å². The molecule has 3 nitrogen and oxygen atoms in total. The van der Waals surface area contributed by atoms with E-state index in [4.69, 9.17) is 0 Å². The highest BCUT2D eigenvalue weighted by Gasteiger charge is 2.32. The van der Waals surface area contributed by atoms with E-state index >= 15 is 0 Å². The lowest BCUT2D eigenvalue weighted by atomic mass is 10.0. The van der Waals surface area contributed by atoms with Gasteiger partial charge in [0, 0.05) is 5.56 Å². The predicted octanol–water partition coefficient (Wildman–Crippen LogP) is 3.64. The molecule has 0 saturated heterocycles. The SMILES string of the molecule is COC(=O)c1ccc(-c2cc#ccc2)c(OC(F)(F)F)c1. The van der Waals surface area contributed by atoms with Gasteiger partial charge in [0.1, 0.15) is 5.75 Å². The van der Waals surface area contributed by atoms with E-state index in [0.717, 1.165) is 13.2 Å². The Morgan fingerprint density at radius 3 is 2.52 bits per heavy atom. The summed E-state index contributed by atoms with van der Waals surface area (Å²) in [4.78, 5) is 11.4. The number of carbonyl (C=O) groups is 1. The van der Waals surface area contributed by atoms with Crippen molar-refractivity contribution in [3.63, 3.8) is 0 Å². The molecule has 0 aromatic heterocycles. The minimum absolute atomic E-state index is 0.0352. The average molecular weight is 294 g/mol. The summed E-state index contributed by atoms with van der Waals surface area (Å²) in [6.45, 7) is 0. The molecule has 108 valence electrons. The van der Waals surface area contributed by atoms with Crippen molar-refractivity contribution in [3.8, 4) is 16.9 Å². The van der Waals surface area contributed by atoms with Gasteiger partial charge in [0.25, 0.3) is 0 Å². The van der Waals surface area contributed by atoms with Gasteiger partial charge in [-0.2, -0.15) is 0 Å². The number of hydrogen-bond acceptors (Lipinski definition) is 3. The summed E-state index contributed by atoms with van der Waals surface area (Å²) < 4.78 is 46.0. The van der Waals surface area contributed by atoms with E-state index in [1.165, 1.54) is 24.3 Å². The van der Waals surface area contributed by atoms with Gasteiger partial charge in [-0.3, -0.25) is 0 Å². The maximum atomic E-state index is 12.5. The van der Waals surface area contributed by atoms with Crippen LogP contribution >= 0.6 is 0 Å². The average Bonchev–Trinajstić information content (AvgIpc) is 2.45. The van der Waals surface area contributed by atoms with E-state index in [-0.39, 0.29) is 11.1 Å². The lowest BCUT2D eigenvalue weighted by Crippen LogP contribution is -2.18. The van der Waals surface area contributed by atoms with Crippen LogP contribution in [0.15, 0.2) is 36.4 Å². The molecule has 0 fully saturated rings. The van der Waals surface area contributed by atoms with Crippen molar-refractivity contribution in [2.24, 2.45) is 0 Å². The van der Waals surface area contributed by atoms with Crippen molar-refractivity contribution in [3.05, 3.63) is 54.1 Å². The van der Waals surface area contributed by atoms with E-state index < -0.39 is 18.1 Å². The number of benzene rings is 1. The highest BCUT2D eigenvalue weighted by Crippen LogP contribution is 2.34. The summed E-state index contributed by atoms with van der Waals surface area (Å²) in [5.41, 5.74) is 0.613. The molecule has 2 aromatic rings. The predicted molar refractivity (Wildman–Crippen MR) is 67.6 cm³/mol. The van der Waals surface area contributed by atoms with Crippen LogP contribution in [0.1, 0.15) is 10.4 Å². The summed E-state index contributed by atoms with van der Waals surface area (Å²) >= 11 is 0. The number of halogens is 3. The fourth-order valence-corrected chi connectivity index (χ4v) is 1.73. The molecule has 0 saturated carbocycles. The van der Waals surface area contributed by atoms with Crippen molar-refractivity contribution in [2.45, 2.75) is 6.36 Å². The highest BCUT2D eigenvalue weighted by atomic mass is 19.4. The fraction of sp³-hybridized carbons (Fsp3) is 0.133. The molecule has 0 aliphatic heterocycles. The summed E-state index contributed by atoms with van der Waals surface area (Å²) in [6.07, 6.45) is -4.87. The van der Waals surface area contributed by atoms with E-state index in [9.17, 15) is 18.0 Å². The van der Waals surface area contributed by atoms with Crippen LogP contribution < -0.4 is 4.74 Å². The van der Waals surface area contributed by atoms with Gasteiger partial charge in [-0.05, 0) is 42.0 Å². The third-order valence-corrected chi connectivity index (χ3v) is 2.60. The normalized spacial score (nSPS) is 10.7. The van der Waals surface area contributed by atoms with E-state index in [1.807, 2.05) is 0 Å². The number of hydrogen-bond donors (Lipinski definition) is 0. The largest absolute Gasteiger partial charge is 0.573 e. The Morgan fingerprint density at radius 1 is 1.19 bits per heavy atom. The first-order chi connectivity index (χ1) is 9.90. The van der Waals surface area contributed by atoms with Crippen molar-refractivity contribution in [1.82, 2.24) is 0 Å². The van der Waals surface area contributed by atoms with Crippen LogP contribution in [-0.2, 0) is 4.74 Å². The van der Waals surface area contributed by atoms with E-state index in [2.05, 4.69) is 21.6 Å². The molecule has 0 spiro atoms. The Labute approximate surface area is 118 Å². The number of carbonyl (C=O) groups excluding carboxylic acids is 1. The topological polar surface area (TPSA) is 35.5 Å². The molecule has 0 amide bonds. The van der Waals surface area contributed by atoms with Gasteiger partial charge in [0.05, 0.1) is 12.7 Å². The third-order valence-electron chi connectivity index (χ3n) is 2.60. The van der Waals surface area contributed by atoms with Crippen molar-refractivity contribution in [1.29, 1.82) is 0 Å². The Balaban J connectivity index is 2.51. The van der Waals surface area contributed by atoms with E-state index in [0.29, 0.717) is 5.56 Å². The molecule has 2 aromatic carbocycles. The Bertz CT molecular complexity index is 636. The number of esters is 1. The molecule has 0 bridgehead atoms. The molecule has 21 heavy (non-hydrogen) atoms. The first-order valence-electron chi connectivity index (χ1n) is 5.77. The fourth-order valence-electron chi connectivity index (χ4n) is 1.73. The van der Waals surface area contributed by atoms with E-state index in [1.54, 1.807) is 6.07 Å². The molecule has 0 heterocycles.